The van der Waals surface area contributed by atoms with Gasteiger partial charge in [0, 0.05) is 0 Å². The maximum Gasteiger partial charge on any atom is 0.0967 e. The van der Waals surface area contributed by atoms with Crippen molar-refractivity contribution in [1.82, 2.24) is 0 Å². The van der Waals surface area contributed by atoms with Gasteiger partial charge in [0.15, 0.2) is 0 Å². The lowest BCUT2D eigenvalue weighted by atomic mass is 10.2. The van der Waals surface area contributed by atoms with Gasteiger partial charge in [-0.05, 0) is 0 Å². The zero-order valence-corrected chi connectivity index (χ0v) is 33.5. The van der Waals surface area contributed by atoms with Gasteiger partial charge in [-0.25, -0.2) is 0 Å². The fourth-order valence-electron chi connectivity index (χ4n) is 1.000. The Kier molecular flexibility index (Phi) is 263. The van der Waals surface area contributed by atoms with E-state index in [4.69, 9.17) is 186 Å². The second-order valence-corrected chi connectivity index (χ2v) is 10.7. The first kappa shape index (κ1) is 68.0. The molecule has 236 valence electrons. The summed E-state index contributed by atoms with van der Waals surface area (Å²) in [5.74, 6) is 0. The van der Waals surface area contributed by atoms with Crippen LogP contribution in [0.1, 0.15) is 79.1 Å². The Hall–Kier alpha value is 4.64. The predicted molar refractivity (Wildman–Crippen MR) is 192 cm³/mol. The third kappa shape index (κ3) is 484. The molecular weight excluding hydrogens is 807 g/mol. The zero-order valence-electron chi connectivity index (χ0n) is 21.4. The van der Waals surface area contributed by atoms with Crippen molar-refractivity contribution in [3.05, 3.63) is 0 Å². The number of hydrogen-bond acceptors (Lipinski definition) is 0. The summed E-state index contributed by atoms with van der Waals surface area (Å²) in [4.78, 5) is 0. The van der Waals surface area contributed by atoms with E-state index < -0.39 is 0 Å². The Bertz CT molecular complexity index is 124. The van der Waals surface area contributed by atoms with Crippen molar-refractivity contribution in [2.24, 2.45) is 0 Å². The molecule has 0 rings (SSSR count). The van der Waals surface area contributed by atoms with E-state index in [-0.39, 0.29) is 42.7 Å². The minimum atomic E-state index is 0.194. The second-order valence-electron chi connectivity index (χ2n) is 4.22. The molecule has 0 amide bonds. The SMILES string of the molecule is CCCCCC.CCCCCC.ClCCl.ClCCl.ClCCl.ClCCl.ClCCl.ClCCl.ClCCl.ClCCl. The summed E-state index contributed by atoms with van der Waals surface area (Å²) < 4.78 is 0. The Labute approximate surface area is 304 Å². The first-order valence-electron chi connectivity index (χ1n) is 10.1. The molecule has 0 aliphatic heterocycles. The lowest BCUT2D eigenvalue weighted by Gasteiger charge is -1.86. The molecule has 0 aliphatic carbocycles. The molecule has 0 N–H and O–H groups in total. The van der Waals surface area contributed by atoms with Crippen molar-refractivity contribution in [3.8, 4) is 0 Å². The van der Waals surface area contributed by atoms with Crippen LogP contribution in [0.25, 0.3) is 0 Å². The average molecular weight is 852 g/mol. The highest BCUT2D eigenvalue weighted by atomic mass is 35.6. The van der Waals surface area contributed by atoms with Crippen LogP contribution in [0, 0.1) is 0 Å². The van der Waals surface area contributed by atoms with Gasteiger partial charge in [-0.15, -0.1) is 186 Å². The first-order chi connectivity index (χ1) is 17.1. The summed E-state index contributed by atoms with van der Waals surface area (Å²) >= 11 is 76.2. The Morgan fingerprint density at radius 3 is 0.306 bits per heavy atom. The first-order valence-corrected chi connectivity index (χ1v) is 18.7. The van der Waals surface area contributed by atoms with Crippen molar-refractivity contribution in [1.29, 1.82) is 0 Å². The van der Waals surface area contributed by atoms with E-state index in [9.17, 15) is 0 Å². The Morgan fingerprint density at radius 2 is 0.278 bits per heavy atom. The van der Waals surface area contributed by atoms with Crippen LogP contribution in [0.15, 0.2) is 0 Å². The number of halogens is 16. The highest BCUT2D eigenvalue weighted by Gasteiger charge is 1.76. The van der Waals surface area contributed by atoms with Gasteiger partial charge in [-0.1, -0.05) is 79.1 Å². The second kappa shape index (κ2) is 139. The largest absolute Gasteiger partial charge is 0.109 e. The molecule has 0 bridgehead atoms. The van der Waals surface area contributed by atoms with E-state index in [0.29, 0.717) is 0 Å². The van der Waals surface area contributed by atoms with Gasteiger partial charge in [0.25, 0.3) is 0 Å². The summed E-state index contributed by atoms with van der Waals surface area (Å²) in [5, 5.41) is 1.56. The quantitative estimate of drug-likeness (QED) is 0.184. The molecule has 16 heteroatoms. The lowest BCUT2D eigenvalue weighted by molar-refractivity contribution is 0.702. The summed E-state index contributed by atoms with van der Waals surface area (Å²) in [6.07, 6.45) is 11.1. The maximum absolute atomic E-state index is 4.76. The Morgan fingerprint density at radius 1 is 0.222 bits per heavy atom. The molecule has 0 aromatic rings. The molecule has 0 heterocycles. The van der Waals surface area contributed by atoms with E-state index >= 15 is 0 Å². The van der Waals surface area contributed by atoms with Crippen molar-refractivity contribution >= 4 is 186 Å². The number of unbranched alkanes of at least 4 members (excludes halogenated alkanes) is 6. The van der Waals surface area contributed by atoms with Crippen molar-refractivity contribution < 1.29 is 0 Å². The molecule has 0 saturated carbocycles. The smallest absolute Gasteiger partial charge is 0.0967 e. The third-order valence-corrected chi connectivity index (χ3v) is 1.91. The fraction of sp³-hybridized carbons (Fsp3) is 1.00. The molecule has 0 saturated heterocycles. The van der Waals surface area contributed by atoms with Gasteiger partial charge >= 0.3 is 0 Å². The fourth-order valence-corrected chi connectivity index (χ4v) is 1.000. The molecule has 0 aromatic heterocycles. The van der Waals surface area contributed by atoms with Gasteiger partial charge in [-0.2, -0.15) is 0 Å². The van der Waals surface area contributed by atoms with Gasteiger partial charge in [0.2, 0.25) is 0 Å². The van der Waals surface area contributed by atoms with Gasteiger partial charge in [0.1, 0.15) is 0 Å². The molecule has 0 atom stereocenters. The van der Waals surface area contributed by atoms with E-state index in [1.165, 1.54) is 51.4 Å². The molecule has 0 unspecified atom stereocenters. The van der Waals surface area contributed by atoms with Crippen LogP contribution >= 0.6 is 186 Å². The van der Waals surface area contributed by atoms with Crippen LogP contribution in [0.3, 0.4) is 0 Å². The van der Waals surface area contributed by atoms with Crippen LogP contribution < -0.4 is 0 Å². The van der Waals surface area contributed by atoms with Crippen LogP contribution in [0.4, 0.5) is 0 Å². The summed E-state index contributed by atoms with van der Waals surface area (Å²) in [5.41, 5.74) is 0. The van der Waals surface area contributed by atoms with Gasteiger partial charge < -0.3 is 0 Å². The van der Waals surface area contributed by atoms with E-state index in [0.717, 1.165) is 0 Å². The molecule has 0 spiro atoms. The molecule has 0 fully saturated rings. The van der Waals surface area contributed by atoms with Crippen LogP contribution in [-0.4, -0.2) is 42.7 Å². The molecule has 0 aromatic carbocycles. The van der Waals surface area contributed by atoms with Crippen LogP contribution in [0.5, 0.6) is 0 Å². The molecule has 0 nitrogen and oxygen atoms in total. The zero-order chi connectivity index (χ0) is 31.3. The Balaban J connectivity index is -0.0000000266. The minimum absolute atomic E-state index is 0.194. The van der Waals surface area contributed by atoms with E-state index in [2.05, 4.69) is 27.7 Å². The lowest BCUT2D eigenvalue weighted by Crippen LogP contribution is -1.66. The molecule has 36 heavy (non-hydrogen) atoms. The van der Waals surface area contributed by atoms with Crippen molar-refractivity contribution in [2.75, 3.05) is 42.7 Å². The van der Waals surface area contributed by atoms with Gasteiger partial charge in [0.05, 0.1) is 42.7 Å². The normalized spacial score (nSPS) is 7.00. The number of alkyl halides is 16. The number of rotatable bonds is 6. The molecule has 0 aliphatic rings. The topological polar surface area (TPSA) is 0 Å². The minimum Gasteiger partial charge on any atom is -0.109 e. The predicted octanol–water partition coefficient (Wildman–Crippen LogP) is 16.5. The van der Waals surface area contributed by atoms with Crippen molar-refractivity contribution in [3.63, 3.8) is 0 Å². The summed E-state index contributed by atoms with van der Waals surface area (Å²) in [6.45, 7) is 8.93. The van der Waals surface area contributed by atoms with E-state index in [1.807, 2.05) is 0 Å². The van der Waals surface area contributed by atoms with Crippen LogP contribution in [0.2, 0.25) is 0 Å². The van der Waals surface area contributed by atoms with E-state index in [1.54, 1.807) is 0 Å². The summed E-state index contributed by atoms with van der Waals surface area (Å²) in [6, 6.07) is 0. The third-order valence-electron chi connectivity index (χ3n) is 1.91. The summed E-state index contributed by atoms with van der Waals surface area (Å²) in [7, 11) is 0. The molecular formula is C20H44Cl16. The highest BCUT2D eigenvalue weighted by Crippen LogP contribution is 1.96. The maximum atomic E-state index is 4.76. The standard InChI is InChI=1S/2C6H14.8CH2Cl2/c2*1-3-5-6-4-2;8*2-1-3/h2*3-6H2,1-2H3;8*1H2. The monoisotopic (exact) mass is 844 g/mol. The van der Waals surface area contributed by atoms with Crippen molar-refractivity contribution in [2.45, 2.75) is 79.1 Å². The number of hydrogen-bond donors (Lipinski definition) is 0. The average Bonchev–Trinajstić information content (AvgIpc) is 2.81. The highest BCUT2D eigenvalue weighted by molar-refractivity contribution is 6.42. The molecule has 0 radical (unpaired) electrons. The van der Waals surface area contributed by atoms with Crippen LogP contribution in [-0.2, 0) is 0 Å². The van der Waals surface area contributed by atoms with Gasteiger partial charge in [-0.3, -0.25) is 0 Å².